The van der Waals surface area contributed by atoms with E-state index in [-0.39, 0.29) is 5.91 Å². The zero-order chi connectivity index (χ0) is 16.1. The van der Waals surface area contributed by atoms with E-state index in [2.05, 4.69) is 15.3 Å². The number of fused-ring (bicyclic) bond motifs is 1. The maximum atomic E-state index is 12.2. The number of amides is 1. The number of aromatic amines is 1. The van der Waals surface area contributed by atoms with Gasteiger partial charge in [0, 0.05) is 22.7 Å². The molecule has 1 aromatic carbocycles. The van der Waals surface area contributed by atoms with Crippen molar-refractivity contribution < 1.29 is 9.53 Å². The molecule has 2 aromatic heterocycles. The van der Waals surface area contributed by atoms with Crippen LogP contribution < -0.4 is 10.1 Å². The number of pyridine rings is 1. The minimum absolute atomic E-state index is 0.0691. The highest BCUT2D eigenvalue weighted by atomic mass is 32.2. The van der Waals surface area contributed by atoms with Crippen LogP contribution in [-0.2, 0) is 4.79 Å². The molecule has 3 aromatic rings. The van der Waals surface area contributed by atoms with Crippen LogP contribution in [0.1, 0.15) is 6.92 Å². The van der Waals surface area contributed by atoms with Gasteiger partial charge in [-0.2, -0.15) is 0 Å². The van der Waals surface area contributed by atoms with Crippen LogP contribution in [0.5, 0.6) is 5.75 Å². The lowest BCUT2D eigenvalue weighted by Crippen LogP contribution is -2.14. The Morgan fingerprint density at radius 2 is 2.17 bits per heavy atom. The third-order valence-corrected chi connectivity index (χ3v) is 4.29. The highest BCUT2D eigenvalue weighted by Crippen LogP contribution is 2.28. The van der Waals surface area contributed by atoms with Crippen molar-refractivity contribution in [1.29, 1.82) is 0 Å². The minimum Gasteiger partial charge on any atom is -0.492 e. The van der Waals surface area contributed by atoms with E-state index in [4.69, 9.17) is 4.74 Å². The second kappa shape index (κ2) is 7.19. The zero-order valence-electron chi connectivity index (χ0n) is 12.7. The first-order valence-electron chi connectivity index (χ1n) is 7.34. The van der Waals surface area contributed by atoms with Gasteiger partial charge in [0.05, 0.1) is 18.0 Å². The molecular weight excluding hydrogens is 310 g/mol. The Morgan fingerprint density at radius 3 is 3.04 bits per heavy atom. The molecule has 6 heteroatoms. The lowest BCUT2D eigenvalue weighted by molar-refractivity contribution is -0.113. The van der Waals surface area contributed by atoms with Crippen molar-refractivity contribution in [2.24, 2.45) is 0 Å². The van der Waals surface area contributed by atoms with Crippen molar-refractivity contribution >= 4 is 34.4 Å². The number of aromatic nitrogens is 2. The van der Waals surface area contributed by atoms with E-state index in [1.165, 1.54) is 11.8 Å². The van der Waals surface area contributed by atoms with Crippen molar-refractivity contribution in [3.05, 3.63) is 48.8 Å². The zero-order valence-corrected chi connectivity index (χ0v) is 13.5. The molecule has 2 N–H and O–H groups in total. The number of carbonyl (C=O) groups is 1. The van der Waals surface area contributed by atoms with Crippen LogP contribution in [0.25, 0.3) is 11.0 Å². The van der Waals surface area contributed by atoms with Gasteiger partial charge in [0.25, 0.3) is 0 Å². The molecule has 23 heavy (non-hydrogen) atoms. The van der Waals surface area contributed by atoms with Gasteiger partial charge in [-0.15, -0.1) is 11.8 Å². The van der Waals surface area contributed by atoms with Gasteiger partial charge in [-0.1, -0.05) is 12.1 Å². The molecule has 118 valence electrons. The Balaban J connectivity index is 1.64. The van der Waals surface area contributed by atoms with E-state index in [1.54, 1.807) is 6.20 Å². The topological polar surface area (TPSA) is 67.0 Å². The van der Waals surface area contributed by atoms with Crippen LogP contribution in [0.3, 0.4) is 0 Å². The van der Waals surface area contributed by atoms with Crippen LogP contribution in [0.2, 0.25) is 0 Å². The minimum atomic E-state index is -0.0691. The Kier molecular flexibility index (Phi) is 4.83. The van der Waals surface area contributed by atoms with E-state index in [1.807, 2.05) is 49.5 Å². The number of hydrogen-bond acceptors (Lipinski definition) is 4. The Hall–Kier alpha value is -2.47. The number of para-hydroxylation sites is 2. The molecule has 0 unspecified atom stereocenters. The summed E-state index contributed by atoms with van der Waals surface area (Å²) in [5.41, 5.74) is 1.53. The number of H-pyrrole nitrogens is 1. The molecular formula is C17H17N3O2S. The van der Waals surface area contributed by atoms with Crippen molar-refractivity contribution in [2.75, 3.05) is 17.7 Å². The summed E-state index contributed by atoms with van der Waals surface area (Å²) in [6.45, 7) is 2.48. The summed E-state index contributed by atoms with van der Waals surface area (Å²) in [5.74, 6) is 0.938. The summed E-state index contributed by atoms with van der Waals surface area (Å²) in [6.07, 6.45) is 3.62. The molecule has 0 fully saturated rings. The number of benzene rings is 1. The van der Waals surface area contributed by atoms with E-state index in [0.717, 1.165) is 15.9 Å². The number of hydrogen-bond donors (Lipinski definition) is 2. The molecule has 0 radical (unpaired) electrons. The quantitative estimate of drug-likeness (QED) is 0.678. The first-order valence-corrected chi connectivity index (χ1v) is 8.33. The summed E-state index contributed by atoms with van der Waals surface area (Å²) in [6, 6.07) is 11.3. The van der Waals surface area contributed by atoms with Crippen molar-refractivity contribution in [2.45, 2.75) is 11.8 Å². The highest BCUT2D eigenvalue weighted by Gasteiger charge is 2.10. The smallest absolute Gasteiger partial charge is 0.234 e. The molecule has 0 spiro atoms. The lowest BCUT2D eigenvalue weighted by Gasteiger charge is -2.10. The molecule has 2 heterocycles. The van der Waals surface area contributed by atoms with Crippen molar-refractivity contribution in [1.82, 2.24) is 9.97 Å². The maximum Gasteiger partial charge on any atom is 0.234 e. The number of anilines is 1. The van der Waals surface area contributed by atoms with Gasteiger partial charge in [-0.05, 0) is 31.2 Å². The van der Waals surface area contributed by atoms with Gasteiger partial charge in [-0.3, -0.25) is 4.79 Å². The van der Waals surface area contributed by atoms with Gasteiger partial charge in [0.2, 0.25) is 5.91 Å². The number of nitrogens with one attached hydrogen (secondary N) is 2. The first-order chi connectivity index (χ1) is 11.3. The highest BCUT2D eigenvalue weighted by molar-refractivity contribution is 8.00. The average molecular weight is 327 g/mol. The number of rotatable bonds is 6. The van der Waals surface area contributed by atoms with Crippen LogP contribution in [0.4, 0.5) is 5.69 Å². The summed E-state index contributed by atoms with van der Waals surface area (Å²) in [7, 11) is 0. The Labute approximate surface area is 138 Å². The fraction of sp³-hybridized carbons (Fsp3) is 0.176. The van der Waals surface area contributed by atoms with Gasteiger partial charge < -0.3 is 15.0 Å². The third-order valence-electron chi connectivity index (χ3n) is 3.23. The van der Waals surface area contributed by atoms with E-state index in [0.29, 0.717) is 23.8 Å². The fourth-order valence-electron chi connectivity index (χ4n) is 2.23. The van der Waals surface area contributed by atoms with Crippen LogP contribution in [0.15, 0.2) is 53.7 Å². The van der Waals surface area contributed by atoms with Gasteiger partial charge in [0.1, 0.15) is 11.4 Å². The molecule has 0 bridgehead atoms. The Morgan fingerprint density at radius 1 is 1.30 bits per heavy atom. The molecule has 0 saturated carbocycles. The number of nitrogens with zero attached hydrogens (tertiary/aromatic N) is 1. The summed E-state index contributed by atoms with van der Waals surface area (Å²) in [4.78, 5) is 20.5. The van der Waals surface area contributed by atoms with E-state index < -0.39 is 0 Å². The average Bonchev–Trinajstić information content (AvgIpc) is 2.98. The number of carbonyl (C=O) groups excluding carboxylic acids is 1. The van der Waals surface area contributed by atoms with Crippen molar-refractivity contribution in [3.8, 4) is 5.75 Å². The van der Waals surface area contributed by atoms with Crippen LogP contribution >= 0.6 is 11.8 Å². The predicted octanol–water partition coefficient (Wildman–Crippen LogP) is 3.69. The maximum absolute atomic E-state index is 12.2. The molecule has 0 aliphatic heterocycles. The normalized spacial score (nSPS) is 10.7. The van der Waals surface area contributed by atoms with Gasteiger partial charge in [0.15, 0.2) is 0 Å². The molecule has 0 atom stereocenters. The van der Waals surface area contributed by atoms with Gasteiger partial charge in [-0.25, -0.2) is 4.98 Å². The summed E-state index contributed by atoms with van der Waals surface area (Å²) >= 11 is 1.48. The summed E-state index contributed by atoms with van der Waals surface area (Å²) < 4.78 is 5.51. The molecule has 0 saturated heterocycles. The number of ether oxygens (including phenoxy) is 1. The molecule has 0 aliphatic rings. The van der Waals surface area contributed by atoms with Gasteiger partial charge >= 0.3 is 0 Å². The SMILES string of the molecule is CCOc1ccccc1NC(=O)CSc1c[nH]c2ncccc12. The largest absolute Gasteiger partial charge is 0.492 e. The standard InChI is InChI=1S/C17H17N3O2S/c1-2-22-14-8-4-3-7-13(14)20-16(21)11-23-15-10-19-17-12(15)6-5-9-18-17/h3-10H,2,11H2,1H3,(H,18,19)(H,20,21). The predicted molar refractivity (Wildman–Crippen MR) is 93.1 cm³/mol. The third kappa shape index (κ3) is 3.65. The van der Waals surface area contributed by atoms with Crippen LogP contribution in [0, 0.1) is 0 Å². The fourth-order valence-corrected chi connectivity index (χ4v) is 3.05. The second-order valence-corrected chi connectivity index (χ2v) is 5.84. The first kappa shape index (κ1) is 15.4. The van der Waals surface area contributed by atoms with E-state index >= 15 is 0 Å². The monoisotopic (exact) mass is 327 g/mol. The van der Waals surface area contributed by atoms with Crippen LogP contribution in [-0.4, -0.2) is 28.2 Å². The molecule has 1 amide bonds. The Bertz CT molecular complexity index is 816. The van der Waals surface area contributed by atoms with Crippen molar-refractivity contribution in [3.63, 3.8) is 0 Å². The number of thioether (sulfide) groups is 1. The molecule has 3 rings (SSSR count). The molecule has 5 nitrogen and oxygen atoms in total. The lowest BCUT2D eigenvalue weighted by atomic mass is 10.3. The summed E-state index contributed by atoms with van der Waals surface area (Å²) in [5, 5.41) is 3.92. The molecule has 0 aliphatic carbocycles. The van der Waals surface area contributed by atoms with E-state index in [9.17, 15) is 4.79 Å². The second-order valence-electron chi connectivity index (χ2n) is 4.82.